The van der Waals surface area contributed by atoms with Crippen molar-refractivity contribution >= 4 is 34.6 Å². The van der Waals surface area contributed by atoms with Crippen LogP contribution < -0.4 is 15.4 Å². The third-order valence-corrected chi connectivity index (χ3v) is 4.53. The number of ether oxygens (including phenoxy) is 1. The molecule has 1 aromatic heterocycles. The maximum atomic E-state index is 12.6. The van der Waals surface area contributed by atoms with Crippen LogP contribution in [0.1, 0.15) is 21.5 Å². The van der Waals surface area contributed by atoms with Crippen LogP contribution in [0.4, 0.5) is 17.1 Å². The van der Waals surface area contributed by atoms with Gasteiger partial charge in [0.2, 0.25) is 0 Å². The zero-order valence-electron chi connectivity index (χ0n) is 15.3. The van der Waals surface area contributed by atoms with Crippen LogP contribution in [0.25, 0.3) is 0 Å². The molecule has 0 saturated carbocycles. The Morgan fingerprint density at radius 2 is 1.89 bits per heavy atom. The van der Waals surface area contributed by atoms with Crippen LogP contribution in [0.5, 0.6) is 5.75 Å². The average Bonchev–Trinajstić information content (AvgIpc) is 2.66. The van der Waals surface area contributed by atoms with Crippen molar-refractivity contribution in [3.05, 3.63) is 76.6 Å². The number of hydrogen-bond acceptors (Lipinski definition) is 4. The molecule has 0 fully saturated rings. The standard InChI is InChI=1S/C21H20ClN3O2/c1-13-5-4-6-18(14(13)2)24-17-9-15(11-23-12-17)21(26)25-19-10-16(22)7-8-20(19)27-3/h4-12,24H,1-3H3,(H,25,26). The second-order valence-corrected chi connectivity index (χ2v) is 6.57. The third-order valence-electron chi connectivity index (χ3n) is 4.29. The minimum absolute atomic E-state index is 0.298. The zero-order valence-corrected chi connectivity index (χ0v) is 16.1. The lowest BCUT2D eigenvalue weighted by molar-refractivity contribution is 0.102. The molecule has 0 saturated heterocycles. The summed E-state index contributed by atoms with van der Waals surface area (Å²) in [4.78, 5) is 16.8. The molecular formula is C21H20ClN3O2. The number of rotatable bonds is 5. The van der Waals surface area contributed by atoms with Crippen LogP contribution in [0.2, 0.25) is 5.02 Å². The van der Waals surface area contributed by atoms with E-state index < -0.39 is 0 Å². The average molecular weight is 382 g/mol. The zero-order chi connectivity index (χ0) is 19.4. The molecule has 3 aromatic rings. The molecule has 0 bridgehead atoms. The second-order valence-electron chi connectivity index (χ2n) is 6.13. The van der Waals surface area contributed by atoms with E-state index >= 15 is 0 Å². The van der Waals surface area contributed by atoms with E-state index in [9.17, 15) is 4.79 Å². The highest BCUT2D eigenvalue weighted by Crippen LogP contribution is 2.28. The van der Waals surface area contributed by atoms with Crippen molar-refractivity contribution in [3.63, 3.8) is 0 Å². The number of methoxy groups -OCH3 is 1. The number of aromatic nitrogens is 1. The van der Waals surface area contributed by atoms with Crippen LogP contribution in [0.3, 0.4) is 0 Å². The van der Waals surface area contributed by atoms with Crippen LogP contribution in [0.15, 0.2) is 54.9 Å². The van der Waals surface area contributed by atoms with Gasteiger partial charge in [-0.1, -0.05) is 23.7 Å². The summed E-state index contributed by atoms with van der Waals surface area (Å²) < 4.78 is 5.26. The van der Waals surface area contributed by atoms with Crippen LogP contribution >= 0.6 is 11.6 Å². The van der Waals surface area contributed by atoms with Gasteiger partial charge < -0.3 is 15.4 Å². The molecule has 0 unspecified atom stereocenters. The summed E-state index contributed by atoms with van der Waals surface area (Å²) in [5.74, 6) is 0.234. The molecule has 0 radical (unpaired) electrons. The summed E-state index contributed by atoms with van der Waals surface area (Å²) in [5.41, 5.74) is 4.97. The van der Waals surface area contributed by atoms with Crippen molar-refractivity contribution in [1.82, 2.24) is 4.98 Å². The number of carbonyl (C=O) groups excluding carboxylic acids is 1. The topological polar surface area (TPSA) is 63.2 Å². The first-order chi connectivity index (χ1) is 13.0. The van der Waals surface area contributed by atoms with Crippen molar-refractivity contribution in [2.45, 2.75) is 13.8 Å². The molecule has 3 rings (SSSR count). The van der Waals surface area contributed by atoms with Gasteiger partial charge in [0, 0.05) is 16.9 Å². The summed E-state index contributed by atoms with van der Waals surface area (Å²) in [6.45, 7) is 4.11. The molecule has 0 aliphatic rings. The number of anilines is 3. The molecule has 1 heterocycles. The van der Waals surface area contributed by atoms with Crippen LogP contribution in [0, 0.1) is 13.8 Å². The summed E-state index contributed by atoms with van der Waals surface area (Å²) in [5, 5.41) is 6.64. The monoisotopic (exact) mass is 381 g/mol. The van der Waals surface area contributed by atoms with Gasteiger partial charge in [-0.25, -0.2) is 0 Å². The van der Waals surface area contributed by atoms with E-state index in [1.807, 2.05) is 19.1 Å². The van der Waals surface area contributed by atoms with Crippen molar-refractivity contribution < 1.29 is 9.53 Å². The fraction of sp³-hybridized carbons (Fsp3) is 0.143. The predicted octanol–water partition coefficient (Wildman–Crippen LogP) is 5.36. The highest BCUT2D eigenvalue weighted by Gasteiger charge is 2.12. The molecule has 0 spiro atoms. The Morgan fingerprint density at radius 1 is 1.07 bits per heavy atom. The molecule has 0 atom stereocenters. The van der Waals surface area contributed by atoms with Crippen LogP contribution in [-0.2, 0) is 0 Å². The molecular weight excluding hydrogens is 362 g/mol. The Balaban J connectivity index is 1.82. The molecule has 6 heteroatoms. The number of amides is 1. The van der Waals surface area contributed by atoms with Gasteiger partial charge in [0.05, 0.1) is 30.2 Å². The Hall–Kier alpha value is -3.05. The van der Waals surface area contributed by atoms with Crippen molar-refractivity contribution in [2.24, 2.45) is 0 Å². The molecule has 138 valence electrons. The number of carbonyl (C=O) groups is 1. The molecule has 1 amide bonds. The maximum absolute atomic E-state index is 12.6. The Kier molecular flexibility index (Phi) is 5.62. The van der Waals surface area contributed by atoms with Gasteiger partial charge in [-0.2, -0.15) is 0 Å². The van der Waals surface area contributed by atoms with Crippen molar-refractivity contribution in [3.8, 4) is 5.75 Å². The lowest BCUT2D eigenvalue weighted by Crippen LogP contribution is -2.13. The van der Waals surface area contributed by atoms with E-state index in [1.165, 1.54) is 18.9 Å². The Morgan fingerprint density at radius 3 is 2.67 bits per heavy atom. The van der Waals surface area contributed by atoms with E-state index in [4.69, 9.17) is 16.3 Å². The molecule has 5 nitrogen and oxygen atoms in total. The number of nitrogens with zero attached hydrogens (tertiary/aromatic N) is 1. The molecule has 2 aromatic carbocycles. The van der Waals surface area contributed by atoms with Crippen molar-refractivity contribution in [1.29, 1.82) is 0 Å². The van der Waals surface area contributed by atoms with Crippen molar-refractivity contribution in [2.75, 3.05) is 17.7 Å². The predicted molar refractivity (Wildman–Crippen MR) is 109 cm³/mol. The minimum atomic E-state index is -0.298. The van der Waals surface area contributed by atoms with Gasteiger partial charge in [-0.15, -0.1) is 0 Å². The normalized spacial score (nSPS) is 10.4. The van der Waals surface area contributed by atoms with E-state index in [0.717, 1.165) is 16.9 Å². The molecule has 27 heavy (non-hydrogen) atoms. The summed E-state index contributed by atoms with van der Waals surface area (Å²) >= 11 is 6.02. The molecule has 0 aliphatic heterocycles. The summed E-state index contributed by atoms with van der Waals surface area (Å²) in [6.07, 6.45) is 3.19. The number of pyridine rings is 1. The molecule has 0 aliphatic carbocycles. The van der Waals surface area contributed by atoms with E-state index in [2.05, 4.69) is 28.6 Å². The SMILES string of the molecule is COc1ccc(Cl)cc1NC(=O)c1cncc(Nc2cccc(C)c2C)c1. The van der Waals surface area contributed by atoms with Gasteiger partial charge in [0.15, 0.2) is 0 Å². The largest absolute Gasteiger partial charge is 0.495 e. The number of nitrogens with one attached hydrogen (secondary N) is 2. The lowest BCUT2D eigenvalue weighted by atomic mass is 10.1. The number of hydrogen-bond donors (Lipinski definition) is 2. The fourth-order valence-electron chi connectivity index (χ4n) is 2.65. The first kappa shape index (κ1) is 18.7. The number of aryl methyl sites for hydroxylation is 1. The summed E-state index contributed by atoms with van der Waals surface area (Å²) in [7, 11) is 1.54. The highest BCUT2D eigenvalue weighted by molar-refractivity contribution is 6.31. The highest BCUT2D eigenvalue weighted by atomic mass is 35.5. The van der Waals surface area contributed by atoms with Crippen LogP contribution in [-0.4, -0.2) is 18.0 Å². The van der Waals surface area contributed by atoms with Gasteiger partial charge in [0.25, 0.3) is 5.91 Å². The first-order valence-electron chi connectivity index (χ1n) is 8.41. The molecule has 2 N–H and O–H groups in total. The van der Waals surface area contributed by atoms with E-state index in [1.54, 1.807) is 30.5 Å². The Labute approximate surface area is 163 Å². The van der Waals surface area contributed by atoms with Gasteiger partial charge in [0.1, 0.15) is 5.75 Å². The first-order valence-corrected chi connectivity index (χ1v) is 8.79. The lowest BCUT2D eigenvalue weighted by Gasteiger charge is -2.13. The number of halogens is 1. The summed E-state index contributed by atoms with van der Waals surface area (Å²) in [6, 6.07) is 12.8. The van der Waals surface area contributed by atoms with E-state index in [0.29, 0.717) is 22.0 Å². The maximum Gasteiger partial charge on any atom is 0.257 e. The second kappa shape index (κ2) is 8.10. The smallest absolute Gasteiger partial charge is 0.257 e. The quantitative estimate of drug-likeness (QED) is 0.624. The Bertz CT molecular complexity index is 989. The van der Waals surface area contributed by atoms with Gasteiger partial charge in [-0.05, 0) is 55.3 Å². The van der Waals surface area contributed by atoms with Gasteiger partial charge in [-0.3, -0.25) is 9.78 Å². The van der Waals surface area contributed by atoms with E-state index in [-0.39, 0.29) is 5.91 Å². The third kappa shape index (κ3) is 4.38. The fourth-order valence-corrected chi connectivity index (χ4v) is 2.82. The van der Waals surface area contributed by atoms with Gasteiger partial charge >= 0.3 is 0 Å². The number of benzene rings is 2. The minimum Gasteiger partial charge on any atom is -0.495 e.